The van der Waals surface area contributed by atoms with E-state index in [0.717, 1.165) is 11.6 Å². The lowest BCUT2D eigenvalue weighted by Gasteiger charge is -2.27. The molecule has 16 heavy (non-hydrogen) atoms. The number of hydrogen-bond acceptors (Lipinski definition) is 3. The van der Waals surface area contributed by atoms with E-state index in [1.54, 1.807) is 0 Å². The number of rotatable bonds is 5. The van der Waals surface area contributed by atoms with Crippen molar-refractivity contribution in [2.24, 2.45) is 5.92 Å². The predicted molar refractivity (Wildman–Crippen MR) is 71.1 cm³/mol. The van der Waals surface area contributed by atoms with Crippen LogP contribution in [0, 0.1) is 5.92 Å². The van der Waals surface area contributed by atoms with Gasteiger partial charge in [-0.2, -0.15) is 0 Å². The minimum absolute atomic E-state index is 0.514. The maximum atomic E-state index is 4.53. The average Bonchev–Trinajstić information content (AvgIpc) is 2.27. The summed E-state index contributed by atoms with van der Waals surface area (Å²) in [6, 6.07) is 6.58. The van der Waals surface area contributed by atoms with Crippen molar-refractivity contribution < 1.29 is 0 Å². The van der Waals surface area contributed by atoms with Crippen LogP contribution in [0.2, 0.25) is 0 Å². The van der Waals surface area contributed by atoms with Gasteiger partial charge in [-0.3, -0.25) is 0 Å². The average molecular weight is 221 g/mol. The molecule has 0 aliphatic carbocycles. The molecule has 90 valence electrons. The Kier molecular flexibility index (Phi) is 4.59. The molecule has 0 saturated carbocycles. The van der Waals surface area contributed by atoms with E-state index in [-0.39, 0.29) is 0 Å². The quantitative estimate of drug-likeness (QED) is 0.828. The summed E-state index contributed by atoms with van der Waals surface area (Å²) >= 11 is 0. The van der Waals surface area contributed by atoms with Gasteiger partial charge in [-0.15, -0.1) is 0 Å². The monoisotopic (exact) mass is 221 g/mol. The van der Waals surface area contributed by atoms with Gasteiger partial charge in [-0.25, -0.2) is 4.98 Å². The van der Waals surface area contributed by atoms with Gasteiger partial charge in [0.25, 0.3) is 0 Å². The fourth-order valence-electron chi connectivity index (χ4n) is 1.83. The Labute approximate surface area is 98.9 Å². The van der Waals surface area contributed by atoms with Gasteiger partial charge in [0, 0.05) is 20.1 Å². The van der Waals surface area contributed by atoms with E-state index in [2.05, 4.69) is 49.1 Å². The van der Waals surface area contributed by atoms with Crippen molar-refractivity contribution in [3.8, 4) is 0 Å². The van der Waals surface area contributed by atoms with Crippen LogP contribution in [0.3, 0.4) is 0 Å². The van der Waals surface area contributed by atoms with E-state index in [4.69, 9.17) is 0 Å². The first-order valence-corrected chi connectivity index (χ1v) is 5.92. The topological polar surface area (TPSA) is 28.2 Å². The fraction of sp³-hybridized carbons (Fsp3) is 0.615. The number of anilines is 2. The van der Waals surface area contributed by atoms with Crippen LogP contribution < -0.4 is 10.2 Å². The largest absolute Gasteiger partial charge is 0.373 e. The van der Waals surface area contributed by atoms with Crippen LogP contribution in [0.15, 0.2) is 18.2 Å². The second kappa shape index (κ2) is 5.73. The highest BCUT2D eigenvalue weighted by molar-refractivity contribution is 5.46. The van der Waals surface area contributed by atoms with Gasteiger partial charge < -0.3 is 10.2 Å². The number of nitrogens with zero attached hydrogens (tertiary/aromatic N) is 2. The van der Waals surface area contributed by atoms with Gasteiger partial charge in [0.1, 0.15) is 11.6 Å². The van der Waals surface area contributed by atoms with Crippen molar-refractivity contribution in [1.82, 2.24) is 4.98 Å². The molecule has 1 N–H and O–H groups in total. The summed E-state index contributed by atoms with van der Waals surface area (Å²) in [5.41, 5.74) is 0. The van der Waals surface area contributed by atoms with Crippen molar-refractivity contribution in [3.05, 3.63) is 18.2 Å². The molecule has 1 unspecified atom stereocenters. The van der Waals surface area contributed by atoms with Gasteiger partial charge in [-0.05, 0) is 31.4 Å². The summed E-state index contributed by atoms with van der Waals surface area (Å²) in [6.07, 6.45) is 1.18. The van der Waals surface area contributed by atoms with E-state index in [1.165, 1.54) is 6.42 Å². The molecule has 0 spiro atoms. The molecule has 1 atom stereocenters. The third-order valence-electron chi connectivity index (χ3n) is 2.83. The lowest BCUT2D eigenvalue weighted by molar-refractivity contribution is 0.502. The number of nitrogens with one attached hydrogen (secondary N) is 1. The Morgan fingerprint density at radius 1 is 1.31 bits per heavy atom. The standard InChI is InChI=1S/C13H23N3/c1-10(2)9-11(3)16(5)13-8-6-7-12(14-4)15-13/h6-8,10-11H,9H2,1-5H3,(H,14,15). The van der Waals surface area contributed by atoms with Crippen molar-refractivity contribution in [2.45, 2.75) is 33.2 Å². The SMILES string of the molecule is CNc1cccc(N(C)C(C)CC(C)C)n1. The maximum Gasteiger partial charge on any atom is 0.130 e. The van der Waals surface area contributed by atoms with Crippen LogP contribution >= 0.6 is 0 Å². The van der Waals surface area contributed by atoms with E-state index in [1.807, 2.05) is 19.2 Å². The van der Waals surface area contributed by atoms with Gasteiger partial charge in [0.2, 0.25) is 0 Å². The van der Waals surface area contributed by atoms with Crippen LogP contribution in [0.4, 0.5) is 11.6 Å². The zero-order valence-corrected chi connectivity index (χ0v) is 11.0. The predicted octanol–water partition coefficient (Wildman–Crippen LogP) is 2.99. The number of pyridine rings is 1. The summed E-state index contributed by atoms with van der Waals surface area (Å²) in [4.78, 5) is 6.77. The lowest BCUT2D eigenvalue weighted by Crippen LogP contribution is -2.30. The van der Waals surface area contributed by atoms with Gasteiger partial charge in [-0.1, -0.05) is 19.9 Å². The first kappa shape index (κ1) is 12.8. The van der Waals surface area contributed by atoms with Crippen LogP contribution in [0.1, 0.15) is 27.2 Å². The number of hydrogen-bond donors (Lipinski definition) is 1. The highest BCUT2D eigenvalue weighted by Gasteiger charge is 2.12. The second-order valence-electron chi connectivity index (χ2n) is 4.72. The van der Waals surface area contributed by atoms with Gasteiger partial charge in [0.05, 0.1) is 0 Å². The summed E-state index contributed by atoms with van der Waals surface area (Å²) in [5.74, 6) is 2.66. The molecule has 0 aromatic carbocycles. The van der Waals surface area contributed by atoms with Gasteiger partial charge in [0.15, 0.2) is 0 Å². The molecule has 1 aromatic rings. The molecule has 0 saturated heterocycles. The van der Waals surface area contributed by atoms with Crippen molar-refractivity contribution in [2.75, 3.05) is 24.3 Å². The first-order chi connectivity index (χ1) is 7.54. The molecule has 0 amide bonds. The normalized spacial score (nSPS) is 12.6. The Morgan fingerprint density at radius 3 is 2.56 bits per heavy atom. The molecule has 0 bridgehead atoms. The van der Waals surface area contributed by atoms with E-state index in [9.17, 15) is 0 Å². The molecule has 1 rings (SSSR count). The summed E-state index contributed by atoms with van der Waals surface area (Å²) in [7, 11) is 4.00. The third-order valence-corrected chi connectivity index (χ3v) is 2.83. The van der Waals surface area contributed by atoms with Gasteiger partial charge >= 0.3 is 0 Å². The molecule has 0 fully saturated rings. The summed E-state index contributed by atoms with van der Waals surface area (Å²) in [5, 5.41) is 3.06. The Hall–Kier alpha value is -1.25. The molecule has 1 aromatic heterocycles. The zero-order valence-electron chi connectivity index (χ0n) is 11.0. The molecule has 0 aliphatic heterocycles. The van der Waals surface area contributed by atoms with E-state index < -0.39 is 0 Å². The third kappa shape index (κ3) is 3.40. The Balaban J connectivity index is 2.74. The molecule has 3 nitrogen and oxygen atoms in total. The molecule has 3 heteroatoms. The highest BCUT2D eigenvalue weighted by Crippen LogP contribution is 2.18. The Bertz CT molecular complexity index is 323. The minimum atomic E-state index is 0.514. The summed E-state index contributed by atoms with van der Waals surface area (Å²) < 4.78 is 0. The molecular formula is C13H23N3. The van der Waals surface area contributed by atoms with E-state index >= 15 is 0 Å². The molecular weight excluding hydrogens is 198 g/mol. The molecule has 0 radical (unpaired) electrons. The summed E-state index contributed by atoms with van der Waals surface area (Å²) in [6.45, 7) is 6.75. The molecule has 1 heterocycles. The van der Waals surface area contributed by atoms with Crippen LogP contribution in [0.25, 0.3) is 0 Å². The zero-order chi connectivity index (χ0) is 12.1. The number of aromatic nitrogens is 1. The maximum absolute atomic E-state index is 4.53. The lowest BCUT2D eigenvalue weighted by atomic mass is 10.0. The van der Waals surface area contributed by atoms with Crippen molar-refractivity contribution in [1.29, 1.82) is 0 Å². The molecule has 0 aliphatic rings. The van der Waals surface area contributed by atoms with E-state index in [0.29, 0.717) is 12.0 Å². The first-order valence-electron chi connectivity index (χ1n) is 5.92. The van der Waals surface area contributed by atoms with Crippen LogP contribution in [0.5, 0.6) is 0 Å². The smallest absolute Gasteiger partial charge is 0.130 e. The van der Waals surface area contributed by atoms with Crippen LogP contribution in [-0.2, 0) is 0 Å². The van der Waals surface area contributed by atoms with Crippen LogP contribution in [-0.4, -0.2) is 25.1 Å². The van der Waals surface area contributed by atoms with Crippen molar-refractivity contribution in [3.63, 3.8) is 0 Å². The minimum Gasteiger partial charge on any atom is -0.373 e. The fourth-order valence-corrected chi connectivity index (χ4v) is 1.83. The second-order valence-corrected chi connectivity index (χ2v) is 4.72. The van der Waals surface area contributed by atoms with Crippen molar-refractivity contribution >= 4 is 11.6 Å². The highest BCUT2D eigenvalue weighted by atomic mass is 15.2. The Morgan fingerprint density at radius 2 is 2.00 bits per heavy atom.